The Labute approximate surface area is 146 Å². The summed E-state index contributed by atoms with van der Waals surface area (Å²) >= 11 is 1.64. The molecule has 1 aliphatic heterocycles. The molecular weight excluding hydrogens is 322 g/mol. The van der Waals surface area contributed by atoms with E-state index < -0.39 is 0 Å². The molecule has 6 heteroatoms. The molecule has 0 aliphatic carbocycles. The summed E-state index contributed by atoms with van der Waals surface area (Å²) in [6.07, 6.45) is 1.02. The quantitative estimate of drug-likeness (QED) is 0.846. The van der Waals surface area contributed by atoms with Gasteiger partial charge in [0, 0.05) is 30.2 Å². The third-order valence-corrected chi connectivity index (χ3v) is 4.91. The summed E-state index contributed by atoms with van der Waals surface area (Å²) in [4.78, 5) is 15.5. The zero-order valence-electron chi connectivity index (χ0n) is 13.7. The van der Waals surface area contributed by atoms with Gasteiger partial charge in [-0.1, -0.05) is 18.2 Å². The summed E-state index contributed by atoms with van der Waals surface area (Å²) < 4.78 is 5.36. The Morgan fingerprint density at radius 3 is 2.67 bits per heavy atom. The van der Waals surface area contributed by atoms with Crippen molar-refractivity contribution in [3.05, 3.63) is 52.2 Å². The standard InChI is InChI=1S/C18H23N3O2S/c22-18(19-14-17-2-1-13-24-17)20-16-5-3-15(4-6-16)7-8-21-9-11-23-12-10-21/h1-6,13H,7-12,14H2,(H2,19,20,22). The highest BCUT2D eigenvalue weighted by atomic mass is 32.1. The first-order chi connectivity index (χ1) is 11.8. The van der Waals surface area contributed by atoms with Crippen molar-refractivity contribution in [2.24, 2.45) is 0 Å². The van der Waals surface area contributed by atoms with Gasteiger partial charge in [0.25, 0.3) is 0 Å². The summed E-state index contributed by atoms with van der Waals surface area (Å²) in [6.45, 7) is 5.32. The van der Waals surface area contributed by atoms with Crippen molar-refractivity contribution in [3.8, 4) is 0 Å². The SMILES string of the molecule is O=C(NCc1cccs1)Nc1ccc(CCN2CCOCC2)cc1. The van der Waals surface area contributed by atoms with Crippen LogP contribution in [0.25, 0.3) is 0 Å². The van der Waals surface area contributed by atoms with Crippen LogP contribution in [-0.4, -0.2) is 43.8 Å². The van der Waals surface area contributed by atoms with Gasteiger partial charge in [-0.15, -0.1) is 11.3 Å². The van der Waals surface area contributed by atoms with Gasteiger partial charge in [-0.25, -0.2) is 4.79 Å². The Morgan fingerprint density at radius 2 is 1.96 bits per heavy atom. The summed E-state index contributed by atoms with van der Waals surface area (Å²) in [5, 5.41) is 7.73. The van der Waals surface area contributed by atoms with E-state index >= 15 is 0 Å². The summed E-state index contributed by atoms with van der Waals surface area (Å²) in [7, 11) is 0. The number of morpholine rings is 1. The molecule has 5 nitrogen and oxygen atoms in total. The fraction of sp³-hybridized carbons (Fsp3) is 0.389. The lowest BCUT2D eigenvalue weighted by Gasteiger charge is -2.26. The van der Waals surface area contributed by atoms with E-state index in [1.165, 1.54) is 5.56 Å². The molecule has 0 spiro atoms. The van der Waals surface area contributed by atoms with E-state index in [4.69, 9.17) is 4.74 Å². The van der Waals surface area contributed by atoms with Gasteiger partial charge < -0.3 is 15.4 Å². The van der Waals surface area contributed by atoms with E-state index in [-0.39, 0.29) is 6.03 Å². The largest absolute Gasteiger partial charge is 0.379 e. The second-order valence-corrected chi connectivity index (χ2v) is 6.82. The Balaban J connectivity index is 1.41. The molecule has 0 saturated carbocycles. The molecule has 2 heterocycles. The van der Waals surface area contributed by atoms with E-state index in [0.29, 0.717) is 6.54 Å². The second kappa shape index (κ2) is 8.82. The van der Waals surface area contributed by atoms with Crippen LogP contribution < -0.4 is 10.6 Å². The van der Waals surface area contributed by atoms with E-state index in [1.807, 2.05) is 29.6 Å². The fourth-order valence-electron chi connectivity index (χ4n) is 2.62. The number of thiophene rings is 1. The molecule has 0 atom stereocenters. The predicted octanol–water partition coefficient (Wildman–Crippen LogP) is 2.94. The number of amides is 2. The van der Waals surface area contributed by atoms with Gasteiger partial charge in [0.15, 0.2) is 0 Å². The van der Waals surface area contributed by atoms with Gasteiger partial charge in [0.1, 0.15) is 0 Å². The minimum atomic E-state index is -0.176. The third-order valence-electron chi connectivity index (χ3n) is 4.04. The number of carbonyl (C=O) groups is 1. The first-order valence-electron chi connectivity index (χ1n) is 8.26. The third kappa shape index (κ3) is 5.33. The van der Waals surface area contributed by atoms with E-state index in [1.54, 1.807) is 11.3 Å². The number of nitrogens with zero attached hydrogens (tertiary/aromatic N) is 1. The molecule has 1 aromatic heterocycles. The Kier molecular flexibility index (Phi) is 6.23. The molecule has 0 unspecified atom stereocenters. The van der Waals surface area contributed by atoms with Crippen LogP contribution in [0.5, 0.6) is 0 Å². The van der Waals surface area contributed by atoms with Crippen molar-refractivity contribution in [2.75, 3.05) is 38.2 Å². The molecule has 2 N–H and O–H groups in total. The molecule has 2 amide bonds. The highest BCUT2D eigenvalue weighted by molar-refractivity contribution is 7.09. The molecule has 0 radical (unpaired) electrons. The Hall–Kier alpha value is -1.89. The van der Waals surface area contributed by atoms with Crippen molar-refractivity contribution in [3.63, 3.8) is 0 Å². The molecule has 128 valence electrons. The van der Waals surface area contributed by atoms with Crippen molar-refractivity contribution in [1.82, 2.24) is 10.2 Å². The molecule has 1 fully saturated rings. The molecule has 0 bridgehead atoms. The Bertz CT molecular complexity index is 622. The molecule has 3 rings (SSSR count). The highest BCUT2D eigenvalue weighted by Crippen LogP contribution is 2.11. The zero-order valence-corrected chi connectivity index (χ0v) is 14.5. The number of nitrogens with one attached hydrogen (secondary N) is 2. The average molecular weight is 345 g/mol. The fourth-order valence-corrected chi connectivity index (χ4v) is 3.27. The van der Waals surface area contributed by atoms with Gasteiger partial charge >= 0.3 is 6.03 Å². The smallest absolute Gasteiger partial charge is 0.319 e. The molecule has 24 heavy (non-hydrogen) atoms. The van der Waals surface area contributed by atoms with Gasteiger partial charge in [-0.3, -0.25) is 4.90 Å². The number of hydrogen-bond acceptors (Lipinski definition) is 4. The van der Waals surface area contributed by atoms with Crippen molar-refractivity contribution in [1.29, 1.82) is 0 Å². The van der Waals surface area contributed by atoms with Crippen molar-refractivity contribution < 1.29 is 9.53 Å². The predicted molar refractivity (Wildman–Crippen MR) is 97.6 cm³/mol. The number of carbonyl (C=O) groups excluding carboxylic acids is 1. The second-order valence-electron chi connectivity index (χ2n) is 5.79. The van der Waals surface area contributed by atoms with Gasteiger partial charge in [0.05, 0.1) is 19.8 Å². The topological polar surface area (TPSA) is 53.6 Å². The molecule has 1 saturated heterocycles. The summed E-state index contributed by atoms with van der Waals surface area (Å²) in [5.74, 6) is 0. The van der Waals surface area contributed by atoms with Crippen LogP contribution in [0.3, 0.4) is 0 Å². The van der Waals surface area contributed by atoms with E-state index in [2.05, 4.69) is 27.7 Å². The number of anilines is 1. The summed E-state index contributed by atoms with van der Waals surface area (Å²) in [5.41, 5.74) is 2.10. The van der Waals surface area contributed by atoms with Gasteiger partial charge in [-0.2, -0.15) is 0 Å². The number of urea groups is 1. The zero-order chi connectivity index (χ0) is 16.6. The number of hydrogen-bond donors (Lipinski definition) is 2. The maximum absolute atomic E-state index is 11.9. The van der Waals surface area contributed by atoms with E-state index in [0.717, 1.165) is 49.8 Å². The number of benzene rings is 1. The normalized spacial score (nSPS) is 15.2. The minimum absolute atomic E-state index is 0.176. The highest BCUT2D eigenvalue weighted by Gasteiger charge is 2.09. The van der Waals surface area contributed by atoms with Gasteiger partial charge in [-0.05, 0) is 35.6 Å². The van der Waals surface area contributed by atoms with Crippen molar-refractivity contribution >= 4 is 23.1 Å². The maximum atomic E-state index is 11.9. The average Bonchev–Trinajstić information content (AvgIpc) is 3.14. The number of rotatable bonds is 6. The Morgan fingerprint density at radius 1 is 1.17 bits per heavy atom. The minimum Gasteiger partial charge on any atom is -0.379 e. The lowest BCUT2D eigenvalue weighted by molar-refractivity contribution is 0.0384. The molecule has 1 aromatic carbocycles. The molecular formula is C18H23N3O2S. The maximum Gasteiger partial charge on any atom is 0.319 e. The summed E-state index contributed by atoms with van der Waals surface area (Å²) in [6, 6.07) is 11.9. The van der Waals surface area contributed by atoms with Crippen LogP contribution in [0, 0.1) is 0 Å². The molecule has 2 aromatic rings. The lowest BCUT2D eigenvalue weighted by atomic mass is 10.1. The lowest BCUT2D eigenvalue weighted by Crippen LogP contribution is -2.37. The van der Waals surface area contributed by atoms with Crippen LogP contribution in [-0.2, 0) is 17.7 Å². The van der Waals surface area contributed by atoms with Crippen LogP contribution in [0.4, 0.5) is 10.5 Å². The van der Waals surface area contributed by atoms with Crippen LogP contribution in [0.15, 0.2) is 41.8 Å². The van der Waals surface area contributed by atoms with Crippen LogP contribution in [0.2, 0.25) is 0 Å². The van der Waals surface area contributed by atoms with Crippen LogP contribution in [0.1, 0.15) is 10.4 Å². The monoisotopic (exact) mass is 345 g/mol. The van der Waals surface area contributed by atoms with Gasteiger partial charge in [0.2, 0.25) is 0 Å². The first kappa shape index (κ1) is 17.0. The van der Waals surface area contributed by atoms with Crippen molar-refractivity contribution in [2.45, 2.75) is 13.0 Å². The molecule has 1 aliphatic rings. The first-order valence-corrected chi connectivity index (χ1v) is 9.14. The number of ether oxygens (including phenoxy) is 1. The van der Waals surface area contributed by atoms with E-state index in [9.17, 15) is 4.79 Å². The van der Waals surface area contributed by atoms with Crippen LogP contribution >= 0.6 is 11.3 Å².